The predicted molar refractivity (Wildman–Crippen MR) is 124 cm³/mol. The zero-order valence-corrected chi connectivity index (χ0v) is 17.8. The number of nitrogens with two attached hydrogens (primary N) is 1. The number of hydrogen-bond donors (Lipinski definition) is 2. The summed E-state index contributed by atoms with van der Waals surface area (Å²) in [6.07, 6.45) is 0. The Morgan fingerprint density at radius 1 is 1.00 bits per heavy atom. The van der Waals surface area contributed by atoms with Crippen LogP contribution in [-0.4, -0.2) is 39.2 Å². The molecular weight excluding hydrogens is 390 g/mol. The van der Waals surface area contributed by atoms with E-state index in [0.717, 1.165) is 11.1 Å². The van der Waals surface area contributed by atoms with Crippen molar-refractivity contribution in [3.63, 3.8) is 0 Å². The molecule has 8 nitrogen and oxygen atoms in total. The van der Waals surface area contributed by atoms with E-state index >= 15 is 0 Å². The van der Waals surface area contributed by atoms with Gasteiger partial charge in [0.25, 0.3) is 5.56 Å². The zero-order valence-electron chi connectivity index (χ0n) is 17.8. The van der Waals surface area contributed by atoms with Crippen molar-refractivity contribution in [2.75, 3.05) is 30.4 Å². The molecule has 8 heteroatoms. The number of nitrogens with zero attached hydrogens (tertiary/aromatic N) is 5. The van der Waals surface area contributed by atoms with Crippen molar-refractivity contribution in [3.05, 3.63) is 82.1 Å². The SMILES string of the molecule is CN(CCN)c1nc2nc(NCc3ccccc3)n(C)c(=O)c2n1Cc1ccccc1. The van der Waals surface area contributed by atoms with Crippen LogP contribution in [0.5, 0.6) is 0 Å². The summed E-state index contributed by atoms with van der Waals surface area (Å²) in [5.74, 6) is 1.16. The van der Waals surface area contributed by atoms with Gasteiger partial charge in [0.15, 0.2) is 11.2 Å². The number of benzene rings is 2. The molecule has 4 rings (SSSR count). The molecular formula is C23H27N7O. The van der Waals surface area contributed by atoms with Crippen LogP contribution in [-0.2, 0) is 20.1 Å². The van der Waals surface area contributed by atoms with Crippen LogP contribution in [0.2, 0.25) is 0 Å². The number of nitrogens with one attached hydrogen (secondary N) is 1. The highest BCUT2D eigenvalue weighted by Crippen LogP contribution is 2.21. The summed E-state index contributed by atoms with van der Waals surface area (Å²) < 4.78 is 3.47. The molecule has 0 aliphatic rings. The van der Waals surface area contributed by atoms with Crippen LogP contribution in [0.25, 0.3) is 11.2 Å². The first-order chi connectivity index (χ1) is 15.1. The van der Waals surface area contributed by atoms with Crippen molar-refractivity contribution < 1.29 is 0 Å². The van der Waals surface area contributed by atoms with E-state index in [0.29, 0.717) is 49.2 Å². The Hall–Kier alpha value is -3.65. The highest BCUT2D eigenvalue weighted by Gasteiger charge is 2.20. The van der Waals surface area contributed by atoms with Gasteiger partial charge in [-0.15, -0.1) is 0 Å². The Kier molecular flexibility index (Phi) is 5.99. The molecule has 0 saturated carbocycles. The van der Waals surface area contributed by atoms with Gasteiger partial charge in [0.2, 0.25) is 11.9 Å². The predicted octanol–water partition coefficient (Wildman–Crippen LogP) is 2.19. The average Bonchev–Trinajstić information content (AvgIpc) is 3.15. The standard InChI is InChI=1S/C23H27N7O/c1-28(14-13-24)23-27-20-19(30(23)16-18-11-7-4-8-12-18)21(31)29(2)22(26-20)25-15-17-9-5-3-6-10-17/h3-12H,13-16,24H2,1-2H3,(H,25,26). The topological polar surface area (TPSA) is 94.0 Å². The number of fused-ring (bicyclic) bond motifs is 1. The van der Waals surface area contributed by atoms with Gasteiger partial charge in [-0.25, -0.2) is 0 Å². The van der Waals surface area contributed by atoms with Crippen molar-refractivity contribution in [1.29, 1.82) is 0 Å². The van der Waals surface area contributed by atoms with E-state index in [9.17, 15) is 4.79 Å². The van der Waals surface area contributed by atoms with Gasteiger partial charge in [-0.1, -0.05) is 60.7 Å². The molecule has 0 aliphatic heterocycles. The minimum Gasteiger partial charge on any atom is -0.351 e. The second kappa shape index (κ2) is 9.01. The molecule has 0 amide bonds. The van der Waals surface area contributed by atoms with E-state index in [-0.39, 0.29) is 5.56 Å². The van der Waals surface area contributed by atoms with Crippen LogP contribution in [0.1, 0.15) is 11.1 Å². The quantitative estimate of drug-likeness (QED) is 0.456. The Bertz CT molecular complexity index is 1220. The maximum absolute atomic E-state index is 13.3. The van der Waals surface area contributed by atoms with Gasteiger partial charge in [0.05, 0.1) is 6.54 Å². The molecule has 0 spiro atoms. The molecule has 0 saturated heterocycles. The maximum Gasteiger partial charge on any atom is 0.281 e. The molecule has 2 aromatic carbocycles. The lowest BCUT2D eigenvalue weighted by Crippen LogP contribution is -2.29. The molecule has 2 heterocycles. The molecule has 3 N–H and O–H groups in total. The summed E-state index contributed by atoms with van der Waals surface area (Å²) in [5.41, 5.74) is 8.72. The number of imidazole rings is 1. The van der Waals surface area contributed by atoms with Gasteiger partial charge in [-0.2, -0.15) is 9.97 Å². The van der Waals surface area contributed by atoms with E-state index in [2.05, 4.69) is 10.3 Å². The van der Waals surface area contributed by atoms with Gasteiger partial charge in [-0.05, 0) is 11.1 Å². The first-order valence-electron chi connectivity index (χ1n) is 10.3. The monoisotopic (exact) mass is 417 g/mol. The first kappa shape index (κ1) is 20.6. The Labute approximate surface area is 181 Å². The molecule has 0 atom stereocenters. The van der Waals surface area contributed by atoms with E-state index < -0.39 is 0 Å². The van der Waals surface area contributed by atoms with Crippen molar-refractivity contribution in [2.45, 2.75) is 13.1 Å². The Morgan fingerprint density at radius 2 is 1.65 bits per heavy atom. The van der Waals surface area contributed by atoms with E-state index in [1.165, 1.54) is 0 Å². The molecule has 2 aromatic heterocycles. The smallest absolute Gasteiger partial charge is 0.281 e. The highest BCUT2D eigenvalue weighted by atomic mass is 16.1. The third-order valence-corrected chi connectivity index (χ3v) is 5.25. The molecule has 0 bridgehead atoms. The minimum absolute atomic E-state index is 0.142. The number of aromatic nitrogens is 4. The largest absolute Gasteiger partial charge is 0.351 e. The van der Waals surface area contributed by atoms with Gasteiger partial charge in [0.1, 0.15) is 0 Å². The van der Waals surface area contributed by atoms with Gasteiger partial charge < -0.3 is 16.0 Å². The number of rotatable bonds is 8. The van der Waals surface area contributed by atoms with Crippen LogP contribution in [0, 0.1) is 0 Å². The lowest BCUT2D eigenvalue weighted by molar-refractivity contribution is 0.754. The molecule has 160 valence electrons. The van der Waals surface area contributed by atoms with Crippen LogP contribution in [0.4, 0.5) is 11.9 Å². The van der Waals surface area contributed by atoms with Crippen LogP contribution in [0.3, 0.4) is 0 Å². The van der Waals surface area contributed by atoms with Crippen molar-refractivity contribution in [2.24, 2.45) is 12.8 Å². The lowest BCUT2D eigenvalue weighted by atomic mass is 10.2. The summed E-state index contributed by atoms with van der Waals surface area (Å²) in [6.45, 7) is 2.20. The number of likely N-dealkylation sites (N-methyl/N-ethyl adjacent to an activating group) is 1. The summed E-state index contributed by atoms with van der Waals surface area (Å²) in [6, 6.07) is 20.0. The fourth-order valence-corrected chi connectivity index (χ4v) is 3.58. The van der Waals surface area contributed by atoms with Crippen molar-refractivity contribution in [1.82, 2.24) is 19.1 Å². The molecule has 0 unspecified atom stereocenters. The second-order valence-corrected chi connectivity index (χ2v) is 7.50. The zero-order chi connectivity index (χ0) is 21.8. The van der Waals surface area contributed by atoms with Gasteiger partial charge in [-0.3, -0.25) is 13.9 Å². The number of hydrogen-bond acceptors (Lipinski definition) is 6. The minimum atomic E-state index is -0.142. The lowest BCUT2D eigenvalue weighted by Gasteiger charge is -2.19. The Balaban J connectivity index is 1.78. The van der Waals surface area contributed by atoms with Crippen molar-refractivity contribution >= 4 is 23.1 Å². The van der Waals surface area contributed by atoms with Crippen LogP contribution >= 0.6 is 0 Å². The van der Waals surface area contributed by atoms with E-state index in [4.69, 9.17) is 10.7 Å². The van der Waals surface area contributed by atoms with Gasteiger partial charge >= 0.3 is 0 Å². The fraction of sp³-hybridized carbons (Fsp3) is 0.261. The number of anilines is 2. The molecule has 0 aliphatic carbocycles. The highest BCUT2D eigenvalue weighted by molar-refractivity contribution is 5.75. The molecule has 31 heavy (non-hydrogen) atoms. The summed E-state index contributed by atoms with van der Waals surface area (Å²) in [7, 11) is 3.65. The Morgan fingerprint density at radius 3 is 2.29 bits per heavy atom. The van der Waals surface area contributed by atoms with Crippen LogP contribution < -0.4 is 21.5 Å². The molecule has 4 aromatic rings. The normalized spacial score (nSPS) is 11.1. The van der Waals surface area contributed by atoms with Gasteiger partial charge in [0, 0.05) is 33.7 Å². The van der Waals surface area contributed by atoms with Crippen LogP contribution in [0.15, 0.2) is 65.5 Å². The third-order valence-electron chi connectivity index (χ3n) is 5.25. The fourth-order valence-electron chi connectivity index (χ4n) is 3.58. The third kappa shape index (κ3) is 4.29. The maximum atomic E-state index is 13.3. The van der Waals surface area contributed by atoms with E-state index in [1.807, 2.05) is 77.2 Å². The van der Waals surface area contributed by atoms with E-state index in [1.54, 1.807) is 11.6 Å². The summed E-state index contributed by atoms with van der Waals surface area (Å²) in [4.78, 5) is 24.7. The summed E-state index contributed by atoms with van der Waals surface area (Å²) in [5, 5.41) is 3.26. The first-order valence-corrected chi connectivity index (χ1v) is 10.3. The molecule has 0 radical (unpaired) electrons. The average molecular weight is 418 g/mol. The summed E-state index contributed by atoms with van der Waals surface area (Å²) >= 11 is 0. The van der Waals surface area contributed by atoms with Crippen molar-refractivity contribution in [3.8, 4) is 0 Å². The second-order valence-electron chi connectivity index (χ2n) is 7.50. The molecule has 0 fully saturated rings.